The third-order valence-electron chi connectivity index (χ3n) is 3.68. The molecule has 2 aromatic heterocycles. The molecule has 3 rings (SSSR count). The van der Waals surface area contributed by atoms with Gasteiger partial charge in [-0.15, -0.1) is 0 Å². The van der Waals surface area contributed by atoms with Crippen LogP contribution in [0.2, 0.25) is 0 Å². The fourth-order valence-corrected chi connectivity index (χ4v) is 2.52. The number of nitrogens with two attached hydrogens (primary N) is 1. The molecule has 0 aromatic carbocycles. The lowest BCUT2D eigenvalue weighted by atomic mass is 9.92. The third-order valence-corrected chi connectivity index (χ3v) is 3.68. The molecule has 0 spiro atoms. The van der Waals surface area contributed by atoms with E-state index in [1.165, 1.54) is 0 Å². The molecule has 0 atom stereocenters. The van der Waals surface area contributed by atoms with E-state index >= 15 is 0 Å². The molecule has 1 radical (unpaired) electrons. The molecule has 0 aliphatic heterocycles. The highest BCUT2D eigenvalue weighted by Crippen LogP contribution is 2.21. The largest absolute Gasteiger partial charge is 0.351 e. The van der Waals surface area contributed by atoms with Crippen LogP contribution in [-0.4, -0.2) is 31.8 Å². The van der Waals surface area contributed by atoms with Crippen LogP contribution in [0.15, 0.2) is 18.5 Å². The Balaban J connectivity index is 1.71. The van der Waals surface area contributed by atoms with Gasteiger partial charge in [0.2, 0.25) is 5.95 Å². The first-order valence-electron chi connectivity index (χ1n) is 6.97. The van der Waals surface area contributed by atoms with Crippen molar-refractivity contribution in [1.82, 2.24) is 19.7 Å². The van der Waals surface area contributed by atoms with Gasteiger partial charge in [0.25, 0.3) is 0 Å². The SMILES string of the molecule is Cn1[c]c(-c2ccnc(NC3CCC(N)CC3)n2)cn1. The van der Waals surface area contributed by atoms with Crippen molar-refractivity contribution in [1.29, 1.82) is 0 Å². The molecule has 1 fully saturated rings. The van der Waals surface area contributed by atoms with Crippen LogP contribution >= 0.6 is 0 Å². The maximum atomic E-state index is 5.92. The Morgan fingerprint density at radius 2 is 2.15 bits per heavy atom. The number of rotatable bonds is 3. The van der Waals surface area contributed by atoms with Gasteiger partial charge >= 0.3 is 0 Å². The Hall–Kier alpha value is -1.95. The highest BCUT2D eigenvalue weighted by molar-refractivity contribution is 5.57. The molecular formula is C14H19N6. The molecule has 20 heavy (non-hydrogen) atoms. The second kappa shape index (κ2) is 5.58. The number of aryl methyl sites for hydroxylation is 1. The second-order valence-corrected chi connectivity index (χ2v) is 5.32. The van der Waals surface area contributed by atoms with Gasteiger partial charge in [-0.2, -0.15) is 5.10 Å². The number of anilines is 1. The van der Waals surface area contributed by atoms with Crippen molar-refractivity contribution < 1.29 is 0 Å². The summed E-state index contributed by atoms with van der Waals surface area (Å²) >= 11 is 0. The molecular weight excluding hydrogens is 252 g/mol. The van der Waals surface area contributed by atoms with Crippen molar-refractivity contribution in [3.63, 3.8) is 0 Å². The van der Waals surface area contributed by atoms with E-state index in [1.54, 1.807) is 17.1 Å². The maximum Gasteiger partial charge on any atom is 0.223 e. The van der Waals surface area contributed by atoms with E-state index in [9.17, 15) is 0 Å². The Bertz CT molecular complexity index is 571. The Labute approximate surface area is 118 Å². The van der Waals surface area contributed by atoms with Crippen LogP contribution < -0.4 is 11.1 Å². The minimum Gasteiger partial charge on any atom is -0.351 e. The van der Waals surface area contributed by atoms with Gasteiger partial charge in [0.05, 0.1) is 18.1 Å². The van der Waals surface area contributed by atoms with Crippen molar-refractivity contribution in [2.24, 2.45) is 12.8 Å². The van der Waals surface area contributed by atoms with Crippen molar-refractivity contribution in [2.45, 2.75) is 37.8 Å². The van der Waals surface area contributed by atoms with E-state index in [2.05, 4.69) is 26.6 Å². The number of hydrogen-bond acceptors (Lipinski definition) is 5. The first-order chi connectivity index (χ1) is 9.70. The summed E-state index contributed by atoms with van der Waals surface area (Å²) in [5, 5.41) is 7.51. The van der Waals surface area contributed by atoms with Gasteiger partial charge in [0.15, 0.2) is 0 Å². The number of nitrogens with one attached hydrogen (secondary N) is 1. The molecule has 6 heteroatoms. The van der Waals surface area contributed by atoms with Crippen molar-refractivity contribution in [3.8, 4) is 11.3 Å². The standard InChI is InChI=1S/C14H19N6/c1-20-9-10(8-17-20)13-6-7-16-14(19-13)18-12-4-2-11(15)3-5-12/h6-8,11-12H,2-5,15H2,1H3,(H,16,18,19). The lowest BCUT2D eigenvalue weighted by molar-refractivity contribution is 0.410. The van der Waals surface area contributed by atoms with Crippen LogP contribution in [0.4, 0.5) is 5.95 Å². The number of hydrogen-bond donors (Lipinski definition) is 2. The average molecular weight is 271 g/mol. The van der Waals surface area contributed by atoms with Crippen molar-refractivity contribution in [2.75, 3.05) is 5.32 Å². The van der Waals surface area contributed by atoms with E-state index < -0.39 is 0 Å². The van der Waals surface area contributed by atoms with Gasteiger partial charge in [-0.1, -0.05) is 0 Å². The smallest absolute Gasteiger partial charge is 0.223 e. The quantitative estimate of drug-likeness (QED) is 0.881. The molecule has 2 heterocycles. The van der Waals surface area contributed by atoms with Gasteiger partial charge in [0, 0.05) is 30.9 Å². The first-order valence-corrected chi connectivity index (χ1v) is 6.97. The number of nitrogens with zero attached hydrogens (tertiary/aromatic N) is 4. The summed E-state index contributed by atoms with van der Waals surface area (Å²) in [5.41, 5.74) is 7.63. The van der Waals surface area contributed by atoms with E-state index in [4.69, 9.17) is 5.73 Å². The van der Waals surface area contributed by atoms with Gasteiger partial charge in [-0.25, -0.2) is 9.97 Å². The lowest BCUT2D eigenvalue weighted by Gasteiger charge is -2.26. The maximum absolute atomic E-state index is 5.92. The van der Waals surface area contributed by atoms with Crippen LogP contribution in [-0.2, 0) is 7.05 Å². The second-order valence-electron chi connectivity index (χ2n) is 5.32. The average Bonchev–Trinajstić information content (AvgIpc) is 2.89. The molecule has 0 unspecified atom stereocenters. The number of aromatic nitrogens is 4. The molecule has 1 aliphatic rings. The van der Waals surface area contributed by atoms with E-state index in [-0.39, 0.29) is 0 Å². The van der Waals surface area contributed by atoms with E-state index in [0.717, 1.165) is 36.9 Å². The molecule has 3 N–H and O–H groups in total. The topological polar surface area (TPSA) is 81.7 Å². The normalized spacial score (nSPS) is 22.7. The third kappa shape index (κ3) is 2.96. The highest BCUT2D eigenvalue weighted by atomic mass is 15.2. The van der Waals surface area contributed by atoms with E-state index in [0.29, 0.717) is 18.0 Å². The van der Waals surface area contributed by atoms with Crippen molar-refractivity contribution in [3.05, 3.63) is 24.7 Å². The minimum atomic E-state index is 0.352. The van der Waals surface area contributed by atoms with E-state index in [1.807, 2.05) is 13.1 Å². The van der Waals surface area contributed by atoms with Crippen LogP contribution in [0.1, 0.15) is 25.7 Å². The fraction of sp³-hybridized carbons (Fsp3) is 0.500. The summed E-state index contributed by atoms with van der Waals surface area (Å²) in [6.07, 6.45) is 10.9. The van der Waals surface area contributed by atoms with Crippen LogP contribution in [0.5, 0.6) is 0 Å². The molecule has 2 aromatic rings. The molecule has 0 amide bonds. The monoisotopic (exact) mass is 271 g/mol. The highest BCUT2D eigenvalue weighted by Gasteiger charge is 2.19. The zero-order valence-corrected chi connectivity index (χ0v) is 11.6. The molecule has 6 nitrogen and oxygen atoms in total. The van der Waals surface area contributed by atoms with Gasteiger partial charge in [0.1, 0.15) is 0 Å². The van der Waals surface area contributed by atoms with Crippen LogP contribution in [0.3, 0.4) is 0 Å². The Morgan fingerprint density at radius 3 is 2.85 bits per heavy atom. The summed E-state index contributed by atoms with van der Waals surface area (Å²) in [6.45, 7) is 0. The predicted molar refractivity (Wildman–Crippen MR) is 76.9 cm³/mol. The van der Waals surface area contributed by atoms with Gasteiger partial charge in [-0.05, 0) is 31.7 Å². The van der Waals surface area contributed by atoms with Crippen LogP contribution in [0, 0.1) is 6.20 Å². The zero-order valence-electron chi connectivity index (χ0n) is 11.6. The molecule has 0 bridgehead atoms. The molecule has 105 valence electrons. The van der Waals surface area contributed by atoms with Crippen molar-refractivity contribution >= 4 is 5.95 Å². The Morgan fingerprint density at radius 1 is 1.35 bits per heavy atom. The Kier molecular flexibility index (Phi) is 3.64. The summed E-state index contributed by atoms with van der Waals surface area (Å²) in [7, 11) is 1.84. The van der Waals surface area contributed by atoms with Crippen LogP contribution in [0.25, 0.3) is 11.3 Å². The summed E-state index contributed by atoms with van der Waals surface area (Å²) < 4.78 is 1.65. The zero-order chi connectivity index (χ0) is 13.9. The van der Waals surface area contributed by atoms with Gasteiger partial charge < -0.3 is 11.1 Å². The fourth-order valence-electron chi connectivity index (χ4n) is 2.52. The molecule has 1 aliphatic carbocycles. The van der Waals surface area contributed by atoms with Gasteiger partial charge in [-0.3, -0.25) is 4.68 Å². The molecule has 1 saturated carbocycles. The predicted octanol–water partition coefficient (Wildman–Crippen LogP) is 1.36. The first kappa shape index (κ1) is 13.1. The summed E-state index contributed by atoms with van der Waals surface area (Å²) in [6, 6.07) is 2.64. The minimum absolute atomic E-state index is 0.352. The summed E-state index contributed by atoms with van der Waals surface area (Å²) in [4.78, 5) is 8.82. The molecule has 0 saturated heterocycles. The lowest BCUT2D eigenvalue weighted by Crippen LogP contribution is -2.33. The summed E-state index contributed by atoms with van der Waals surface area (Å²) in [5.74, 6) is 0.667.